The molecule has 5 heteroatoms. The van der Waals surface area contributed by atoms with E-state index in [2.05, 4.69) is 34.4 Å². The molecule has 1 rings (SSSR count). The largest absolute Gasteiger partial charge is 0.383 e. The molecule has 0 aliphatic heterocycles. The van der Waals surface area contributed by atoms with Crippen molar-refractivity contribution < 1.29 is 4.74 Å². The fraction of sp³-hybridized carbons (Fsp3) is 0.667. The van der Waals surface area contributed by atoms with E-state index < -0.39 is 0 Å². The average Bonchev–Trinajstić information content (AvgIpc) is 2.28. The highest BCUT2D eigenvalue weighted by Crippen LogP contribution is 2.06. The van der Waals surface area contributed by atoms with Gasteiger partial charge in [0.1, 0.15) is 0 Å². The van der Waals surface area contributed by atoms with Crippen LogP contribution in [0.3, 0.4) is 0 Å². The minimum absolute atomic E-state index is 0.467. The molecule has 1 aromatic rings. The van der Waals surface area contributed by atoms with Gasteiger partial charge in [-0.15, -0.1) is 0 Å². The first-order valence-electron chi connectivity index (χ1n) is 5.92. The van der Waals surface area contributed by atoms with Gasteiger partial charge in [-0.3, -0.25) is 0 Å². The highest BCUT2D eigenvalue weighted by Gasteiger charge is 2.03. The van der Waals surface area contributed by atoms with E-state index in [1.807, 2.05) is 13.1 Å². The molecule has 0 aliphatic carbocycles. The van der Waals surface area contributed by atoms with Crippen LogP contribution in [0.2, 0.25) is 0 Å². The molecule has 0 fully saturated rings. The molecule has 0 aliphatic rings. The number of hydrogen-bond acceptors (Lipinski definition) is 5. The Balaban J connectivity index is 2.53. The molecule has 0 atom stereocenters. The number of rotatable bonds is 7. The van der Waals surface area contributed by atoms with Gasteiger partial charge in [0, 0.05) is 43.7 Å². The molecule has 0 radical (unpaired) electrons. The standard InChI is InChI=1S/C12H22N4O/c1-9(2)14-7-11-8-15-12(16-10(11)3)13-5-6-17-4/h8-9,14H,5-7H2,1-4H3,(H,13,15,16). The first-order chi connectivity index (χ1) is 8.13. The summed E-state index contributed by atoms with van der Waals surface area (Å²) < 4.78 is 4.95. The lowest BCUT2D eigenvalue weighted by atomic mass is 10.2. The second-order valence-electron chi connectivity index (χ2n) is 4.26. The molecule has 0 saturated carbocycles. The average molecular weight is 238 g/mol. The quantitative estimate of drug-likeness (QED) is 0.702. The van der Waals surface area contributed by atoms with Gasteiger partial charge in [0.15, 0.2) is 0 Å². The van der Waals surface area contributed by atoms with Crippen LogP contribution < -0.4 is 10.6 Å². The van der Waals surface area contributed by atoms with Crippen molar-refractivity contribution >= 4 is 5.95 Å². The topological polar surface area (TPSA) is 59.1 Å². The number of anilines is 1. The molecule has 0 aromatic carbocycles. The molecular weight excluding hydrogens is 216 g/mol. The molecule has 17 heavy (non-hydrogen) atoms. The Hall–Kier alpha value is -1.20. The number of aromatic nitrogens is 2. The van der Waals surface area contributed by atoms with Crippen molar-refractivity contribution in [3.05, 3.63) is 17.5 Å². The van der Waals surface area contributed by atoms with Gasteiger partial charge in [0.2, 0.25) is 5.95 Å². The molecule has 1 heterocycles. The van der Waals surface area contributed by atoms with E-state index in [0.29, 0.717) is 18.6 Å². The molecule has 1 aromatic heterocycles. The van der Waals surface area contributed by atoms with Crippen LogP contribution in [-0.2, 0) is 11.3 Å². The van der Waals surface area contributed by atoms with Gasteiger partial charge < -0.3 is 15.4 Å². The summed E-state index contributed by atoms with van der Waals surface area (Å²) in [5.74, 6) is 0.660. The molecule has 2 N–H and O–H groups in total. The van der Waals surface area contributed by atoms with Crippen molar-refractivity contribution in [3.63, 3.8) is 0 Å². The molecule has 0 bridgehead atoms. The predicted octanol–water partition coefficient (Wildman–Crippen LogP) is 1.34. The number of nitrogens with one attached hydrogen (secondary N) is 2. The molecule has 0 amide bonds. The lowest BCUT2D eigenvalue weighted by molar-refractivity contribution is 0.210. The fourth-order valence-corrected chi connectivity index (χ4v) is 1.33. The highest BCUT2D eigenvalue weighted by atomic mass is 16.5. The Morgan fingerprint density at radius 1 is 1.41 bits per heavy atom. The van der Waals surface area contributed by atoms with Gasteiger partial charge in [-0.2, -0.15) is 0 Å². The van der Waals surface area contributed by atoms with Crippen LogP contribution in [-0.4, -0.2) is 36.3 Å². The number of hydrogen-bond donors (Lipinski definition) is 2. The summed E-state index contributed by atoms with van der Waals surface area (Å²) >= 11 is 0. The Bertz CT molecular complexity index is 341. The summed E-state index contributed by atoms with van der Waals surface area (Å²) in [4.78, 5) is 8.68. The number of ether oxygens (including phenoxy) is 1. The third-order valence-corrected chi connectivity index (χ3v) is 2.37. The smallest absolute Gasteiger partial charge is 0.222 e. The summed E-state index contributed by atoms with van der Waals surface area (Å²) in [6.45, 7) is 8.43. The first kappa shape index (κ1) is 13.9. The maximum Gasteiger partial charge on any atom is 0.222 e. The molecule has 0 saturated heterocycles. The van der Waals surface area contributed by atoms with Crippen molar-refractivity contribution in [2.45, 2.75) is 33.4 Å². The van der Waals surface area contributed by atoms with Crippen LogP contribution in [0.4, 0.5) is 5.95 Å². The van der Waals surface area contributed by atoms with E-state index in [-0.39, 0.29) is 0 Å². The summed E-state index contributed by atoms with van der Waals surface area (Å²) in [5, 5.41) is 6.46. The summed E-state index contributed by atoms with van der Waals surface area (Å²) in [6.07, 6.45) is 1.87. The van der Waals surface area contributed by atoms with E-state index in [4.69, 9.17) is 4.74 Å². The number of methoxy groups -OCH3 is 1. The predicted molar refractivity (Wildman–Crippen MR) is 69.1 cm³/mol. The zero-order chi connectivity index (χ0) is 12.7. The van der Waals surface area contributed by atoms with E-state index in [1.54, 1.807) is 7.11 Å². The second kappa shape index (κ2) is 7.19. The van der Waals surface area contributed by atoms with Crippen LogP contribution in [0.5, 0.6) is 0 Å². The Kier molecular flexibility index (Phi) is 5.86. The van der Waals surface area contributed by atoms with Crippen LogP contribution in [0.15, 0.2) is 6.20 Å². The van der Waals surface area contributed by atoms with Crippen molar-refractivity contribution in [2.75, 3.05) is 25.6 Å². The van der Waals surface area contributed by atoms with Gasteiger partial charge in [-0.1, -0.05) is 13.8 Å². The zero-order valence-electron chi connectivity index (χ0n) is 11.1. The van der Waals surface area contributed by atoms with E-state index in [0.717, 1.165) is 24.3 Å². The second-order valence-corrected chi connectivity index (χ2v) is 4.26. The summed E-state index contributed by atoms with van der Waals surface area (Å²) in [5.41, 5.74) is 2.14. The van der Waals surface area contributed by atoms with E-state index in [9.17, 15) is 0 Å². The van der Waals surface area contributed by atoms with Gasteiger partial charge in [0.05, 0.1) is 6.61 Å². The number of nitrogens with zero attached hydrogens (tertiary/aromatic N) is 2. The number of aryl methyl sites for hydroxylation is 1. The van der Waals surface area contributed by atoms with Crippen molar-refractivity contribution in [1.29, 1.82) is 0 Å². The first-order valence-corrected chi connectivity index (χ1v) is 5.92. The van der Waals surface area contributed by atoms with Crippen LogP contribution in [0.25, 0.3) is 0 Å². The Morgan fingerprint density at radius 3 is 2.76 bits per heavy atom. The highest BCUT2D eigenvalue weighted by molar-refractivity contribution is 5.28. The summed E-state index contributed by atoms with van der Waals surface area (Å²) in [7, 11) is 1.68. The maximum absolute atomic E-state index is 4.95. The Morgan fingerprint density at radius 2 is 2.18 bits per heavy atom. The molecule has 5 nitrogen and oxygen atoms in total. The lowest BCUT2D eigenvalue weighted by Gasteiger charge is -2.11. The lowest BCUT2D eigenvalue weighted by Crippen LogP contribution is -2.22. The van der Waals surface area contributed by atoms with Crippen molar-refractivity contribution in [2.24, 2.45) is 0 Å². The SMILES string of the molecule is COCCNc1ncc(CNC(C)C)c(C)n1. The van der Waals surface area contributed by atoms with Crippen LogP contribution in [0, 0.1) is 6.92 Å². The van der Waals surface area contributed by atoms with Crippen molar-refractivity contribution in [3.8, 4) is 0 Å². The van der Waals surface area contributed by atoms with E-state index in [1.165, 1.54) is 0 Å². The third kappa shape index (κ3) is 5.10. The molecule has 96 valence electrons. The van der Waals surface area contributed by atoms with Crippen molar-refractivity contribution in [1.82, 2.24) is 15.3 Å². The zero-order valence-corrected chi connectivity index (χ0v) is 11.1. The minimum atomic E-state index is 0.467. The van der Waals surface area contributed by atoms with E-state index >= 15 is 0 Å². The summed E-state index contributed by atoms with van der Waals surface area (Å²) in [6, 6.07) is 0.467. The van der Waals surface area contributed by atoms with Gasteiger partial charge in [0.25, 0.3) is 0 Å². The van der Waals surface area contributed by atoms with Gasteiger partial charge in [-0.25, -0.2) is 9.97 Å². The minimum Gasteiger partial charge on any atom is -0.383 e. The monoisotopic (exact) mass is 238 g/mol. The maximum atomic E-state index is 4.95. The normalized spacial score (nSPS) is 10.9. The molecule has 0 unspecified atom stereocenters. The van der Waals surface area contributed by atoms with Gasteiger partial charge >= 0.3 is 0 Å². The van der Waals surface area contributed by atoms with Gasteiger partial charge in [-0.05, 0) is 6.92 Å². The third-order valence-electron chi connectivity index (χ3n) is 2.37. The molecule has 0 spiro atoms. The fourth-order valence-electron chi connectivity index (χ4n) is 1.33. The van der Waals surface area contributed by atoms with Crippen LogP contribution in [0.1, 0.15) is 25.1 Å². The van der Waals surface area contributed by atoms with Crippen LogP contribution >= 0.6 is 0 Å². The Labute approximate surface area is 103 Å². The molecular formula is C12H22N4O.